The SMILES string of the molecule is CN=C(NCCCc1nc(C)cs1)N1CCC2(CCC2)C1.I. The maximum Gasteiger partial charge on any atom is 0.193 e. The predicted octanol–water partition coefficient (Wildman–Crippen LogP) is 3.45. The molecule has 124 valence electrons. The van der Waals surface area contributed by atoms with Crippen LogP contribution in [-0.2, 0) is 6.42 Å². The van der Waals surface area contributed by atoms with Crippen molar-refractivity contribution < 1.29 is 0 Å². The van der Waals surface area contributed by atoms with Gasteiger partial charge in [-0.3, -0.25) is 4.99 Å². The van der Waals surface area contributed by atoms with Gasteiger partial charge in [-0.1, -0.05) is 6.42 Å². The van der Waals surface area contributed by atoms with Crippen LogP contribution in [0, 0.1) is 12.3 Å². The first-order valence-electron chi connectivity index (χ1n) is 8.07. The number of nitrogens with zero attached hydrogens (tertiary/aromatic N) is 3. The number of nitrogens with one attached hydrogen (secondary N) is 1. The highest BCUT2D eigenvalue weighted by Crippen LogP contribution is 2.47. The second-order valence-corrected chi connectivity index (χ2v) is 7.43. The Balaban J connectivity index is 0.00000176. The zero-order valence-electron chi connectivity index (χ0n) is 13.6. The summed E-state index contributed by atoms with van der Waals surface area (Å²) in [6.07, 6.45) is 7.80. The number of guanidine groups is 1. The average molecular weight is 434 g/mol. The molecule has 1 N–H and O–H groups in total. The molecule has 6 heteroatoms. The van der Waals surface area contributed by atoms with Gasteiger partial charge in [-0.2, -0.15) is 0 Å². The van der Waals surface area contributed by atoms with Crippen LogP contribution in [0.4, 0.5) is 0 Å². The summed E-state index contributed by atoms with van der Waals surface area (Å²) in [7, 11) is 1.90. The number of rotatable bonds is 4. The molecule has 0 atom stereocenters. The summed E-state index contributed by atoms with van der Waals surface area (Å²) in [4.78, 5) is 11.4. The second kappa shape index (κ2) is 7.95. The normalized spacial score (nSPS) is 19.9. The molecule has 0 aromatic carbocycles. The van der Waals surface area contributed by atoms with Gasteiger partial charge < -0.3 is 10.2 Å². The molecule has 0 unspecified atom stereocenters. The summed E-state index contributed by atoms with van der Waals surface area (Å²) in [5.41, 5.74) is 1.78. The van der Waals surface area contributed by atoms with Gasteiger partial charge in [0.15, 0.2) is 5.96 Å². The first-order valence-corrected chi connectivity index (χ1v) is 8.95. The summed E-state index contributed by atoms with van der Waals surface area (Å²) in [6.45, 7) is 5.42. The van der Waals surface area contributed by atoms with E-state index in [1.165, 1.54) is 43.8 Å². The quantitative estimate of drug-likeness (QED) is 0.342. The Bertz CT molecular complexity index is 510. The molecule has 0 bridgehead atoms. The van der Waals surface area contributed by atoms with E-state index in [9.17, 15) is 0 Å². The van der Waals surface area contributed by atoms with Gasteiger partial charge in [0.25, 0.3) is 0 Å². The van der Waals surface area contributed by atoms with E-state index < -0.39 is 0 Å². The molecular formula is C16H27IN4S. The third-order valence-corrected chi connectivity index (χ3v) is 5.91. The van der Waals surface area contributed by atoms with E-state index in [-0.39, 0.29) is 24.0 Å². The van der Waals surface area contributed by atoms with Gasteiger partial charge in [0.2, 0.25) is 0 Å². The number of hydrogen-bond donors (Lipinski definition) is 1. The van der Waals surface area contributed by atoms with Gasteiger partial charge in [-0.05, 0) is 38.0 Å². The lowest BCUT2D eigenvalue weighted by molar-refractivity contribution is 0.151. The van der Waals surface area contributed by atoms with E-state index >= 15 is 0 Å². The zero-order valence-corrected chi connectivity index (χ0v) is 16.7. The molecule has 2 fully saturated rings. The van der Waals surface area contributed by atoms with Crippen LogP contribution in [0.3, 0.4) is 0 Å². The molecule has 22 heavy (non-hydrogen) atoms. The molecular weight excluding hydrogens is 407 g/mol. The summed E-state index contributed by atoms with van der Waals surface area (Å²) in [6, 6.07) is 0. The maximum absolute atomic E-state index is 4.51. The van der Waals surface area contributed by atoms with Crippen LogP contribution in [0.5, 0.6) is 0 Å². The van der Waals surface area contributed by atoms with Crippen molar-refractivity contribution in [2.45, 2.75) is 45.4 Å². The third-order valence-electron chi connectivity index (χ3n) is 4.88. The maximum atomic E-state index is 4.51. The average Bonchev–Trinajstić information content (AvgIpc) is 3.05. The fourth-order valence-corrected chi connectivity index (χ4v) is 4.31. The van der Waals surface area contributed by atoms with Crippen LogP contribution in [-0.4, -0.2) is 42.5 Å². The van der Waals surface area contributed by atoms with Crippen molar-refractivity contribution in [2.24, 2.45) is 10.4 Å². The van der Waals surface area contributed by atoms with Crippen molar-refractivity contribution in [3.63, 3.8) is 0 Å². The lowest BCUT2D eigenvalue weighted by atomic mass is 9.68. The smallest absolute Gasteiger partial charge is 0.193 e. The highest BCUT2D eigenvalue weighted by Gasteiger charge is 2.43. The number of aliphatic imine (C=N–C) groups is 1. The lowest BCUT2D eigenvalue weighted by Crippen LogP contribution is -2.42. The highest BCUT2D eigenvalue weighted by atomic mass is 127. The molecule has 2 aliphatic rings. The number of hydrogen-bond acceptors (Lipinski definition) is 3. The number of likely N-dealkylation sites (tertiary alicyclic amines) is 1. The van der Waals surface area contributed by atoms with Gasteiger partial charge in [0, 0.05) is 44.2 Å². The van der Waals surface area contributed by atoms with Gasteiger partial charge >= 0.3 is 0 Å². The molecule has 0 amide bonds. The van der Waals surface area contributed by atoms with Gasteiger partial charge in [0.05, 0.1) is 5.01 Å². The van der Waals surface area contributed by atoms with Crippen molar-refractivity contribution in [3.8, 4) is 0 Å². The molecule has 3 rings (SSSR count). The van der Waals surface area contributed by atoms with Crippen LogP contribution in [0.25, 0.3) is 0 Å². The van der Waals surface area contributed by atoms with Gasteiger partial charge in [0.1, 0.15) is 0 Å². The van der Waals surface area contributed by atoms with E-state index in [2.05, 4.69) is 32.5 Å². The first-order chi connectivity index (χ1) is 10.2. The largest absolute Gasteiger partial charge is 0.356 e. The van der Waals surface area contributed by atoms with Gasteiger partial charge in [-0.15, -0.1) is 35.3 Å². The Morgan fingerprint density at radius 2 is 2.27 bits per heavy atom. The Labute approximate surface area is 154 Å². The fourth-order valence-electron chi connectivity index (χ4n) is 3.49. The number of thiazole rings is 1. The molecule has 1 saturated carbocycles. The molecule has 2 heterocycles. The minimum atomic E-state index is 0. The van der Waals surface area contributed by atoms with Crippen molar-refractivity contribution in [3.05, 3.63) is 16.1 Å². The molecule has 1 aliphatic carbocycles. The number of aryl methyl sites for hydroxylation is 2. The Hall–Kier alpha value is -0.370. The number of aromatic nitrogens is 1. The Morgan fingerprint density at radius 1 is 1.45 bits per heavy atom. The monoisotopic (exact) mass is 434 g/mol. The summed E-state index contributed by atoms with van der Waals surface area (Å²) < 4.78 is 0. The van der Waals surface area contributed by atoms with E-state index in [1.54, 1.807) is 11.3 Å². The van der Waals surface area contributed by atoms with E-state index in [4.69, 9.17) is 0 Å². The summed E-state index contributed by atoms with van der Waals surface area (Å²) >= 11 is 1.77. The lowest BCUT2D eigenvalue weighted by Gasteiger charge is -2.38. The number of halogens is 1. The molecule has 1 aliphatic heterocycles. The van der Waals surface area contributed by atoms with Crippen LogP contribution in [0.1, 0.15) is 42.8 Å². The first kappa shape index (κ1) is 18.0. The standard InChI is InChI=1S/C16H26N4S.HI/c1-13-11-21-14(19-13)5-3-9-18-15(17-2)20-10-8-16(12-20)6-4-7-16;/h11H,3-10,12H2,1-2H3,(H,17,18);1H. The van der Waals surface area contributed by atoms with Crippen LogP contribution in [0.2, 0.25) is 0 Å². The Morgan fingerprint density at radius 3 is 2.82 bits per heavy atom. The van der Waals surface area contributed by atoms with Crippen LogP contribution in [0.15, 0.2) is 10.4 Å². The predicted molar refractivity (Wildman–Crippen MR) is 104 cm³/mol. The van der Waals surface area contributed by atoms with Gasteiger partial charge in [-0.25, -0.2) is 4.98 Å². The summed E-state index contributed by atoms with van der Waals surface area (Å²) in [5.74, 6) is 1.09. The van der Waals surface area contributed by atoms with Crippen LogP contribution < -0.4 is 5.32 Å². The fraction of sp³-hybridized carbons (Fsp3) is 0.750. The molecule has 4 nitrogen and oxygen atoms in total. The van der Waals surface area contributed by atoms with Crippen molar-refractivity contribution in [2.75, 3.05) is 26.7 Å². The third kappa shape index (κ3) is 4.13. The zero-order chi connectivity index (χ0) is 14.7. The molecule has 1 aromatic rings. The molecule has 1 saturated heterocycles. The van der Waals surface area contributed by atoms with Crippen molar-refractivity contribution >= 4 is 41.3 Å². The van der Waals surface area contributed by atoms with E-state index in [0.29, 0.717) is 5.41 Å². The highest BCUT2D eigenvalue weighted by molar-refractivity contribution is 14.0. The summed E-state index contributed by atoms with van der Waals surface area (Å²) in [5, 5.41) is 6.91. The minimum absolute atomic E-state index is 0. The van der Waals surface area contributed by atoms with Crippen molar-refractivity contribution in [1.82, 2.24) is 15.2 Å². The van der Waals surface area contributed by atoms with Crippen LogP contribution >= 0.6 is 35.3 Å². The second-order valence-electron chi connectivity index (χ2n) is 6.49. The minimum Gasteiger partial charge on any atom is -0.356 e. The molecule has 1 aromatic heterocycles. The molecule has 0 radical (unpaired) electrons. The Kier molecular flexibility index (Phi) is 6.49. The topological polar surface area (TPSA) is 40.5 Å². The molecule has 1 spiro atoms. The van der Waals surface area contributed by atoms with Crippen molar-refractivity contribution in [1.29, 1.82) is 0 Å². The van der Waals surface area contributed by atoms with E-state index in [0.717, 1.165) is 31.0 Å². The van der Waals surface area contributed by atoms with E-state index in [1.807, 2.05) is 7.05 Å².